The van der Waals surface area contributed by atoms with Crippen molar-refractivity contribution in [2.45, 2.75) is 0 Å². The molecule has 0 atom stereocenters. The molecule has 1 aliphatic heterocycles. The van der Waals surface area contributed by atoms with Crippen LogP contribution in [-0.2, 0) is 0 Å². The van der Waals surface area contributed by atoms with Crippen molar-refractivity contribution < 1.29 is 0 Å². The standard InChI is InChI=1S/C72H50N2Si2/c1-6-23-54(24-7-1)75(55-25-8-2-9-26-55,56-27-10-3-11-28-56)59-45-42-52(43-46-59)73-67-38-19-17-34-62(67)66-50-53(44-48-70(66)73)74-68-39-20-16-33-61(68)65-49-51(41-47-69(65)74)60-36-22-37-64-63-35-18-21-40-71(63)76(72(60)64,57-29-12-4-13-30-57)58-31-14-5-15-32-58/h1-50H. The molecule has 3 heterocycles. The van der Waals surface area contributed by atoms with Gasteiger partial charge in [-0.2, -0.15) is 0 Å². The van der Waals surface area contributed by atoms with Crippen LogP contribution in [0.3, 0.4) is 0 Å². The van der Waals surface area contributed by atoms with Gasteiger partial charge >= 0.3 is 0 Å². The van der Waals surface area contributed by atoms with Gasteiger partial charge in [-0.05, 0) is 118 Å². The number of nitrogens with zero attached hydrogens (tertiary/aromatic N) is 2. The number of rotatable bonds is 9. The van der Waals surface area contributed by atoms with Gasteiger partial charge in [0, 0.05) is 32.9 Å². The maximum atomic E-state index is 2.48. The zero-order valence-electron chi connectivity index (χ0n) is 41.8. The summed E-state index contributed by atoms with van der Waals surface area (Å²) in [4.78, 5) is 0. The lowest BCUT2D eigenvalue weighted by molar-refractivity contribution is 1.17. The molecule has 356 valence electrons. The second-order valence-electron chi connectivity index (χ2n) is 20.3. The molecule has 1 aliphatic rings. The third-order valence-corrected chi connectivity index (χ3v) is 26.3. The van der Waals surface area contributed by atoms with Gasteiger partial charge in [0.1, 0.15) is 0 Å². The lowest BCUT2D eigenvalue weighted by atomic mass is 9.98. The first-order valence-corrected chi connectivity index (χ1v) is 30.4. The van der Waals surface area contributed by atoms with Crippen molar-refractivity contribution in [3.8, 4) is 33.6 Å². The molecule has 0 saturated carbocycles. The molecule has 0 amide bonds. The number of benzene rings is 12. The van der Waals surface area contributed by atoms with Gasteiger partial charge in [0.05, 0.1) is 22.1 Å². The minimum Gasteiger partial charge on any atom is -0.309 e. The number of hydrogen-bond acceptors (Lipinski definition) is 0. The molecule has 0 fully saturated rings. The van der Waals surface area contributed by atoms with Gasteiger partial charge in [-0.15, -0.1) is 0 Å². The lowest BCUT2D eigenvalue weighted by Gasteiger charge is -2.34. The van der Waals surface area contributed by atoms with Crippen LogP contribution < -0.4 is 41.5 Å². The Hall–Kier alpha value is -9.33. The van der Waals surface area contributed by atoms with Gasteiger partial charge in [-0.25, -0.2) is 0 Å². The summed E-state index contributed by atoms with van der Waals surface area (Å²) in [6.07, 6.45) is 0. The van der Waals surface area contributed by atoms with Crippen LogP contribution in [-0.4, -0.2) is 25.3 Å². The summed E-state index contributed by atoms with van der Waals surface area (Å²) >= 11 is 0. The first-order valence-electron chi connectivity index (χ1n) is 26.4. The van der Waals surface area contributed by atoms with E-state index in [9.17, 15) is 0 Å². The zero-order valence-corrected chi connectivity index (χ0v) is 43.8. The summed E-state index contributed by atoms with van der Waals surface area (Å²) in [6.45, 7) is 0. The normalized spacial score (nSPS) is 12.8. The fourth-order valence-corrected chi connectivity index (χ4v) is 23.6. The maximum Gasteiger partial charge on any atom is 0.181 e. The molecule has 0 aliphatic carbocycles. The Morgan fingerprint density at radius 2 is 0.671 bits per heavy atom. The molecule has 0 N–H and O–H groups in total. The van der Waals surface area contributed by atoms with E-state index in [1.54, 1.807) is 0 Å². The van der Waals surface area contributed by atoms with Crippen LogP contribution in [0.15, 0.2) is 303 Å². The van der Waals surface area contributed by atoms with Gasteiger partial charge in [0.25, 0.3) is 0 Å². The highest BCUT2D eigenvalue weighted by molar-refractivity contribution is 7.22. The zero-order chi connectivity index (χ0) is 50.2. The fraction of sp³-hybridized carbons (Fsp3) is 0. The van der Waals surface area contributed by atoms with Crippen molar-refractivity contribution >= 4 is 101 Å². The lowest BCUT2D eigenvalue weighted by Crippen LogP contribution is -2.74. The smallest absolute Gasteiger partial charge is 0.181 e. The molecule has 15 rings (SSSR count). The summed E-state index contributed by atoms with van der Waals surface area (Å²) in [5, 5.41) is 16.2. The summed E-state index contributed by atoms with van der Waals surface area (Å²) in [5.74, 6) is 0. The largest absolute Gasteiger partial charge is 0.309 e. The van der Waals surface area contributed by atoms with Gasteiger partial charge in [-0.3, -0.25) is 0 Å². The van der Waals surface area contributed by atoms with E-state index in [2.05, 4.69) is 312 Å². The Kier molecular flexibility index (Phi) is 10.3. The van der Waals surface area contributed by atoms with E-state index in [4.69, 9.17) is 0 Å². The third kappa shape index (κ3) is 6.45. The predicted molar refractivity (Wildman–Crippen MR) is 327 cm³/mol. The molecule has 2 nitrogen and oxygen atoms in total. The van der Waals surface area contributed by atoms with Crippen LogP contribution >= 0.6 is 0 Å². The van der Waals surface area contributed by atoms with E-state index in [1.165, 1.54) is 107 Å². The second kappa shape index (κ2) is 17.7. The topological polar surface area (TPSA) is 9.86 Å². The van der Waals surface area contributed by atoms with E-state index in [-0.39, 0.29) is 0 Å². The number of hydrogen-bond donors (Lipinski definition) is 0. The van der Waals surface area contributed by atoms with Crippen molar-refractivity contribution in [2.75, 3.05) is 0 Å². The minimum atomic E-state index is -2.75. The van der Waals surface area contributed by atoms with Crippen LogP contribution in [0.5, 0.6) is 0 Å². The molecule has 14 aromatic rings. The molecule has 12 aromatic carbocycles. The molecule has 4 heteroatoms. The average Bonchev–Trinajstić information content (AvgIpc) is 4.26. The maximum absolute atomic E-state index is 2.75. The fourth-order valence-electron chi connectivity index (χ4n) is 13.5. The van der Waals surface area contributed by atoms with Gasteiger partial charge in [0.2, 0.25) is 0 Å². The Morgan fingerprint density at radius 1 is 0.263 bits per heavy atom. The SMILES string of the molecule is c1ccc([Si](c2ccccc2)(c2ccccc2)c2ccc(-n3c4ccccc4c4cc(-n5c6ccccc6c6cc(-c7cccc8c7[Si](c7ccccc7)(c7ccccc7)c7ccccc7-8)ccc65)ccc43)cc2)cc1. The molecule has 0 bridgehead atoms. The van der Waals surface area contributed by atoms with Crippen LogP contribution in [0.2, 0.25) is 0 Å². The van der Waals surface area contributed by atoms with E-state index in [0.29, 0.717) is 0 Å². The number of fused-ring (bicyclic) bond motifs is 9. The average molecular weight is 999 g/mol. The summed E-state index contributed by atoms with van der Waals surface area (Å²) in [6, 6.07) is 114. The van der Waals surface area contributed by atoms with Crippen molar-refractivity contribution in [1.82, 2.24) is 9.13 Å². The number of para-hydroxylation sites is 2. The Labute approximate surface area is 444 Å². The van der Waals surface area contributed by atoms with Crippen molar-refractivity contribution in [1.29, 1.82) is 0 Å². The van der Waals surface area contributed by atoms with E-state index in [1.807, 2.05) is 0 Å². The second-order valence-corrected chi connectivity index (χ2v) is 27.8. The molecule has 0 saturated heterocycles. The molecule has 76 heavy (non-hydrogen) atoms. The Bertz CT molecular complexity index is 4350. The van der Waals surface area contributed by atoms with Crippen molar-refractivity contribution in [3.05, 3.63) is 303 Å². The van der Waals surface area contributed by atoms with Crippen LogP contribution in [0.25, 0.3) is 77.2 Å². The van der Waals surface area contributed by atoms with E-state index >= 15 is 0 Å². The summed E-state index contributed by atoms with van der Waals surface area (Å²) in [7, 11) is -5.44. The quantitative estimate of drug-likeness (QED) is 0.101. The highest BCUT2D eigenvalue weighted by Crippen LogP contribution is 2.40. The Balaban J connectivity index is 0.886. The molecule has 0 unspecified atom stereocenters. The van der Waals surface area contributed by atoms with E-state index < -0.39 is 16.1 Å². The summed E-state index contributed by atoms with van der Waals surface area (Å²) < 4.78 is 4.94. The molecular weight excluding hydrogens is 949 g/mol. The first-order chi connectivity index (χ1) is 37.7. The molecular formula is C72H50N2Si2. The Morgan fingerprint density at radius 3 is 1.25 bits per heavy atom. The van der Waals surface area contributed by atoms with Crippen molar-refractivity contribution in [2.24, 2.45) is 0 Å². The monoisotopic (exact) mass is 998 g/mol. The first kappa shape index (κ1) is 44.2. The van der Waals surface area contributed by atoms with Crippen LogP contribution in [0, 0.1) is 0 Å². The predicted octanol–water partition coefficient (Wildman–Crippen LogP) is 12.3. The molecule has 0 spiro atoms. The highest BCUT2D eigenvalue weighted by atomic mass is 28.3. The number of aromatic nitrogens is 2. The molecule has 2 aromatic heterocycles. The van der Waals surface area contributed by atoms with Gasteiger partial charge in [-0.1, -0.05) is 249 Å². The van der Waals surface area contributed by atoms with Crippen LogP contribution in [0.4, 0.5) is 0 Å². The highest BCUT2D eigenvalue weighted by Gasteiger charge is 2.50. The van der Waals surface area contributed by atoms with Crippen LogP contribution in [0.1, 0.15) is 0 Å². The van der Waals surface area contributed by atoms with Gasteiger partial charge in [0.15, 0.2) is 16.1 Å². The summed E-state index contributed by atoms with van der Waals surface area (Å²) in [5.41, 5.74) is 12.3. The van der Waals surface area contributed by atoms with Gasteiger partial charge < -0.3 is 9.13 Å². The minimum absolute atomic E-state index is 1.14. The third-order valence-electron chi connectivity index (χ3n) is 16.6. The van der Waals surface area contributed by atoms with Crippen molar-refractivity contribution in [3.63, 3.8) is 0 Å². The van der Waals surface area contributed by atoms with E-state index in [0.717, 1.165) is 11.4 Å². The molecule has 0 radical (unpaired) electrons.